The first-order chi connectivity index (χ1) is 10.0. The zero-order valence-corrected chi connectivity index (χ0v) is 12.5. The fraction of sp³-hybridized carbons (Fsp3) is 0.467. The monoisotopic (exact) mass is 291 g/mol. The highest BCUT2D eigenvalue weighted by molar-refractivity contribution is 5.92. The molecule has 1 amide bonds. The second-order valence-corrected chi connectivity index (χ2v) is 5.11. The van der Waals surface area contributed by atoms with Gasteiger partial charge in [0, 0.05) is 33.1 Å². The van der Waals surface area contributed by atoms with Gasteiger partial charge in [0.2, 0.25) is 5.91 Å². The Kier molecular flexibility index (Phi) is 4.67. The zero-order chi connectivity index (χ0) is 15.4. The molecule has 0 aliphatic carbocycles. The van der Waals surface area contributed by atoms with Crippen molar-refractivity contribution in [2.24, 2.45) is 0 Å². The minimum absolute atomic E-state index is 0.103. The number of nitrogen functional groups attached to an aromatic ring is 1. The highest BCUT2D eigenvalue weighted by Gasteiger charge is 2.19. The largest absolute Gasteiger partial charge is 0.465 e. The minimum Gasteiger partial charge on any atom is -0.465 e. The Bertz CT molecular complexity index is 545. The number of benzene rings is 1. The van der Waals surface area contributed by atoms with Crippen molar-refractivity contribution in [2.75, 3.05) is 43.9 Å². The standard InChI is InChI=1S/C15H21N3O3/c1-11(19)17-6-3-7-18(9-8-17)14-5-4-12(10-13(14)16)15(20)21-2/h4-5,10H,3,6-9,16H2,1-2H3. The molecule has 1 aromatic rings. The molecule has 0 bridgehead atoms. The summed E-state index contributed by atoms with van der Waals surface area (Å²) in [4.78, 5) is 26.9. The Morgan fingerprint density at radius 1 is 1.19 bits per heavy atom. The van der Waals surface area contributed by atoms with E-state index in [4.69, 9.17) is 5.73 Å². The normalized spacial score (nSPS) is 15.5. The van der Waals surface area contributed by atoms with Crippen LogP contribution < -0.4 is 10.6 Å². The molecule has 1 heterocycles. The van der Waals surface area contributed by atoms with E-state index in [0.29, 0.717) is 17.8 Å². The molecule has 1 aromatic carbocycles. The van der Waals surface area contributed by atoms with E-state index in [1.165, 1.54) is 7.11 Å². The number of anilines is 2. The van der Waals surface area contributed by atoms with Gasteiger partial charge < -0.3 is 20.3 Å². The van der Waals surface area contributed by atoms with Crippen LogP contribution in [0.1, 0.15) is 23.7 Å². The summed E-state index contributed by atoms with van der Waals surface area (Å²) in [6, 6.07) is 5.19. The van der Waals surface area contributed by atoms with Gasteiger partial charge in [-0.05, 0) is 24.6 Å². The van der Waals surface area contributed by atoms with Crippen LogP contribution in [0.2, 0.25) is 0 Å². The number of carbonyl (C=O) groups is 2. The molecule has 6 nitrogen and oxygen atoms in total. The summed E-state index contributed by atoms with van der Waals surface area (Å²) in [6.45, 7) is 4.63. The van der Waals surface area contributed by atoms with Crippen molar-refractivity contribution in [3.8, 4) is 0 Å². The number of hydrogen-bond donors (Lipinski definition) is 1. The predicted octanol–water partition coefficient (Wildman–Crippen LogP) is 1.11. The molecule has 0 saturated carbocycles. The van der Waals surface area contributed by atoms with Gasteiger partial charge in [0.15, 0.2) is 0 Å². The molecule has 0 unspecified atom stereocenters. The molecule has 0 radical (unpaired) electrons. The number of rotatable bonds is 2. The van der Waals surface area contributed by atoms with Crippen molar-refractivity contribution < 1.29 is 14.3 Å². The number of ether oxygens (including phenoxy) is 1. The Balaban J connectivity index is 2.15. The summed E-state index contributed by atoms with van der Waals surface area (Å²) in [5.41, 5.74) is 7.95. The first kappa shape index (κ1) is 15.2. The fourth-order valence-corrected chi connectivity index (χ4v) is 2.56. The summed E-state index contributed by atoms with van der Waals surface area (Å²) >= 11 is 0. The van der Waals surface area contributed by atoms with Crippen LogP contribution in [-0.2, 0) is 9.53 Å². The van der Waals surface area contributed by atoms with E-state index < -0.39 is 5.97 Å². The first-order valence-corrected chi connectivity index (χ1v) is 7.01. The van der Waals surface area contributed by atoms with Gasteiger partial charge in [0.1, 0.15) is 0 Å². The van der Waals surface area contributed by atoms with Crippen LogP contribution >= 0.6 is 0 Å². The summed E-state index contributed by atoms with van der Waals surface area (Å²) in [5.74, 6) is -0.294. The molecular weight excluding hydrogens is 270 g/mol. The summed E-state index contributed by atoms with van der Waals surface area (Å²) < 4.78 is 4.68. The van der Waals surface area contributed by atoms with Gasteiger partial charge in [-0.25, -0.2) is 4.79 Å². The van der Waals surface area contributed by atoms with Crippen LogP contribution in [0.25, 0.3) is 0 Å². The molecule has 6 heteroatoms. The Morgan fingerprint density at radius 3 is 2.57 bits per heavy atom. The third-order valence-corrected chi connectivity index (χ3v) is 3.73. The lowest BCUT2D eigenvalue weighted by molar-refractivity contribution is -0.128. The maximum absolute atomic E-state index is 11.5. The van der Waals surface area contributed by atoms with Gasteiger partial charge in [-0.2, -0.15) is 0 Å². The molecule has 0 aromatic heterocycles. The van der Waals surface area contributed by atoms with Gasteiger partial charge >= 0.3 is 5.97 Å². The number of esters is 1. The van der Waals surface area contributed by atoms with Crippen molar-refractivity contribution in [3.05, 3.63) is 23.8 Å². The van der Waals surface area contributed by atoms with Crippen molar-refractivity contribution >= 4 is 23.3 Å². The molecule has 1 aliphatic heterocycles. The topological polar surface area (TPSA) is 75.9 Å². The first-order valence-electron chi connectivity index (χ1n) is 7.01. The SMILES string of the molecule is COC(=O)c1ccc(N2CCCN(C(C)=O)CC2)c(N)c1. The van der Waals surface area contributed by atoms with Gasteiger partial charge in [-0.1, -0.05) is 0 Å². The maximum Gasteiger partial charge on any atom is 0.337 e. The van der Waals surface area contributed by atoms with Gasteiger partial charge in [-0.15, -0.1) is 0 Å². The average Bonchev–Trinajstić information content (AvgIpc) is 2.72. The molecule has 0 atom stereocenters. The number of nitrogens with two attached hydrogens (primary N) is 1. The van der Waals surface area contributed by atoms with Crippen LogP contribution in [0.3, 0.4) is 0 Å². The van der Waals surface area contributed by atoms with Crippen LogP contribution in [0.15, 0.2) is 18.2 Å². The highest BCUT2D eigenvalue weighted by atomic mass is 16.5. The van der Waals surface area contributed by atoms with Gasteiger partial charge in [0.05, 0.1) is 24.0 Å². The van der Waals surface area contributed by atoms with E-state index in [1.54, 1.807) is 19.1 Å². The van der Waals surface area contributed by atoms with Crippen LogP contribution in [0.4, 0.5) is 11.4 Å². The fourth-order valence-electron chi connectivity index (χ4n) is 2.56. The Labute approximate surface area is 124 Å². The van der Waals surface area contributed by atoms with Crippen LogP contribution in [-0.4, -0.2) is 50.1 Å². The lowest BCUT2D eigenvalue weighted by atomic mass is 10.1. The number of amides is 1. The number of nitrogens with zero attached hydrogens (tertiary/aromatic N) is 2. The zero-order valence-electron chi connectivity index (χ0n) is 12.5. The predicted molar refractivity (Wildman–Crippen MR) is 81.3 cm³/mol. The van der Waals surface area contributed by atoms with Crippen molar-refractivity contribution in [1.82, 2.24) is 4.90 Å². The minimum atomic E-state index is -0.396. The van der Waals surface area contributed by atoms with Gasteiger partial charge in [-0.3, -0.25) is 4.79 Å². The van der Waals surface area contributed by atoms with Crippen molar-refractivity contribution in [1.29, 1.82) is 0 Å². The molecule has 21 heavy (non-hydrogen) atoms. The van der Waals surface area contributed by atoms with Crippen molar-refractivity contribution in [2.45, 2.75) is 13.3 Å². The van der Waals surface area contributed by atoms with Crippen LogP contribution in [0, 0.1) is 0 Å². The van der Waals surface area contributed by atoms with E-state index in [-0.39, 0.29) is 5.91 Å². The van der Waals surface area contributed by atoms with Gasteiger partial charge in [0.25, 0.3) is 0 Å². The van der Waals surface area contributed by atoms with E-state index in [0.717, 1.165) is 31.7 Å². The number of methoxy groups -OCH3 is 1. The second-order valence-electron chi connectivity index (χ2n) is 5.11. The third-order valence-electron chi connectivity index (χ3n) is 3.73. The second kappa shape index (κ2) is 6.47. The lowest BCUT2D eigenvalue weighted by Crippen LogP contribution is -2.33. The van der Waals surface area contributed by atoms with E-state index >= 15 is 0 Å². The Hall–Kier alpha value is -2.24. The molecule has 2 rings (SSSR count). The van der Waals surface area contributed by atoms with E-state index in [9.17, 15) is 9.59 Å². The molecule has 1 aliphatic rings. The smallest absolute Gasteiger partial charge is 0.337 e. The average molecular weight is 291 g/mol. The number of carbonyl (C=O) groups excluding carboxylic acids is 2. The Morgan fingerprint density at radius 2 is 1.95 bits per heavy atom. The summed E-state index contributed by atoms with van der Waals surface area (Å²) in [7, 11) is 1.34. The molecule has 114 valence electrons. The molecule has 2 N–H and O–H groups in total. The quantitative estimate of drug-likeness (QED) is 0.652. The van der Waals surface area contributed by atoms with E-state index in [2.05, 4.69) is 9.64 Å². The molecular formula is C15H21N3O3. The maximum atomic E-state index is 11.5. The summed E-state index contributed by atoms with van der Waals surface area (Å²) in [5, 5.41) is 0. The van der Waals surface area contributed by atoms with Crippen LogP contribution in [0.5, 0.6) is 0 Å². The molecule has 1 fully saturated rings. The molecule has 1 saturated heterocycles. The third kappa shape index (κ3) is 3.45. The van der Waals surface area contributed by atoms with E-state index in [1.807, 2.05) is 11.0 Å². The number of hydrogen-bond acceptors (Lipinski definition) is 5. The summed E-state index contributed by atoms with van der Waals surface area (Å²) in [6.07, 6.45) is 0.901. The molecule has 0 spiro atoms. The van der Waals surface area contributed by atoms with Crippen molar-refractivity contribution in [3.63, 3.8) is 0 Å². The lowest BCUT2D eigenvalue weighted by Gasteiger charge is -2.25. The highest BCUT2D eigenvalue weighted by Crippen LogP contribution is 2.25.